The van der Waals surface area contributed by atoms with E-state index in [-0.39, 0.29) is 46.5 Å². The lowest BCUT2D eigenvalue weighted by atomic mass is 9.41. The average Bonchev–Trinajstić information content (AvgIpc) is 3.27. The molecule has 1 aliphatic heterocycles. The number of carbonyl (C=O) groups is 2. The van der Waals surface area contributed by atoms with Crippen molar-refractivity contribution in [3.63, 3.8) is 0 Å². The van der Waals surface area contributed by atoms with Gasteiger partial charge in [0, 0.05) is 19.3 Å². The number of ether oxygens (including phenoxy) is 3. The van der Waals surface area contributed by atoms with Gasteiger partial charge in [-0.15, -0.1) is 0 Å². The van der Waals surface area contributed by atoms with Crippen molar-refractivity contribution >= 4 is 11.9 Å². The van der Waals surface area contributed by atoms with Crippen molar-refractivity contribution in [2.45, 2.75) is 118 Å². The lowest BCUT2D eigenvalue weighted by Gasteiger charge is -2.64. The van der Waals surface area contributed by atoms with E-state index < -0.39 is 11.5 Å². The van der Waals surface area contributed by atoms with Gasteiger partial charge in [0.1, 0.15) is 18.3 Å². The van der Waals surface area contributed by atoms with Gasteiger partial charge in [-0.2, -0.15) is 0 Å². The molecule has 0 bridgehead atoms. The number of hydrogen-bond donors (Lipinski definition) is 0. The van der Waals surface area contributed by atoms with Crippen molar-refractivity contribution < 1.29 is 23.8 Å². The van der Waals surface area contributed by atoms with Crippen LogP contribution >= 0.6 is 0 Å². The van der Waals surface area contributed by atoms with Crippen LogP contribution in [0.5, 0.6) is 0 Å². The minimum absolute atomic E-state index is 0.0566. The second-order valence-electron chi connectivity index (χ2n) is 13.4. The Morgan fingerprint density at radius 1 is 1.00 bits per heavy atom. The first-order valence-electron chi connectivity index (χ1n) is 13.5. The molecule has 4 fully saturated rings. The van der Waals surface area contributed by atoms with Gasteiger partial charge < -0.3 is 14.2 Å². The maximum Gasteiger partial charge on any atom is 0.303 e. The zero-order chi connectivity index (χ0) is 24.8. The molecule has 0 radical (unpaired) electrons. The van der Waals surface area contributed by atoms with Crippen LogP contribution in [0, 0.1) is 39.9 Å². The van der Waals surface area contributed by atoms with Gasteiger partial charge in [-0.3, -0.25) is 9.59 Å². The van der Waals surface area contributed by atoms with Crippen LogP contribution < -0.4 is 0 Å². The lowest BCUT2D eigenvalue weighted by molar-refractivity contribution is -0.226. The summed E-state index contributed by atoms with van der Waals surface area (Å²) in [4.78, 5) is 24.7. The number of fused-ring (bicyclic) bond motifs is 6. The van der Waals surface area contributed by atoms with E-state index in [0.29, 0.717) is 17.8 Å². The summed E-state index contributed by atoms with van der Waals surface area (Å²) >= 11 is 0. The summed E-state index contributed by atoms with van der Waals surface area (Å²) in [7, 11) is 0. The Hall–Kier alpha value is -1.36. The van der Waals surface area contributed by atoms with Crippen LogP contribution in [0.15, 0.2) is 11.6 Å². The zero-order valence-electron chi connectivity index (χ0n) is 22.4. The van der Waals surface area contributed by atoms with E-state index in [1.54, 1.807) is 5.57 Å². The van der Waals surface area contributed by atoms with Gasteiger partial charge in [0.25, 0.3) is 0 Å². The SMILES string of the molecule is CC(=O)O[C@H]1C[C@@H]2[C@](C)(CC=C3[C@H](C(C)C)CC[C@]32C)[C@H]2CC[C@]3(C)O[C@@H]3[C@@H](OC(C)=O)[C@]12C. The summed E-state index contributed by atoms with van der Waals surface area (Å²) in [6.45, 7) is 17.0. The molecule has 0 aromatic heterocycles. The van der Waals surface area contributed by atoms with Crippen molar-refractivity contribution in [3.8, 4) is 0 Å². The molecule has 0 aromatic carbocycles. The first-order chi connectivity index (χ1) is 15.8. The number of allylic oxidation sites excluding steroid dienone is 2. The molecule has 0 spiro atoms. The Labute approximate surface area is 205 Å². The molecule has 5 heteroatoms. The van der Waals surface area contributed by atoms with Crippen LogP contribution in [0.2, 0.25) is 0 Å². The van der Waals surface area contributed by atoms with Gasteiger partial charge >= 0.3 is 11.9 Å². The third-order valence-electron chi connectivity index (χ3n) is 11.2. The molecule has 5 aliphatic rings. The highest BCUT2D eigenvalue weighted by atomic mass is 16.6. The van der Waals surface area contributed by atoms with Crippen molar-refractivity contribution in [1.82, 2.24) is 0 Å². The maximum absolute atomic E-state index is 12.4. The fraction of sp³-hybridized carbons (Fsp3) is 0.862. The van der Waals surface area contributed by atoms with E-state index in [4.69, 9.17) is 14.2 Å². The van der Waals surface area contributed by atoms with Gasteiger partial charge in [0.05, 0.1) is 5.60 Å². The molecule has 3 saturated carbocycles. The molecule has 0 N–H and O–H groups in total. The fourth-order valence-corrected chi connectivity index (χ4v) is 9.51. The molecule has 34 heavy (non-hydrogen) atoms. The Balaban J connectivity index is 1.64. The van der Waals surface area contributed by atoms with Crippen molar-refractivity contribution in [3.05, 3.63) is 11.6 Å². The van der Waals surface area contributed by atoms with Crippen LogP contribution in [0.4, 0.5) is 0 Å². The highest BCUT2D eigenvalue weighted by Gasteiger charge is 2.74. The van der Waals surface area contributed by atoms with Gasteiger partial charge in [0.15, 0.2) is 0 Å². The average molecular weight is 473 g/mol. The second-order valence-corrected chi connectivity index (χ2v) is 13.4. The number of rotatable bonds is 3. The van der Waals surface area contributed by atoms with Gasteiger partial charge in [-0.05, 0) is 80.0 Å². The highest BCUT2D eigenvalue weighted by Crippen LogP contribution is 2.72. The molecule has 5 nitrogen and oxygen atoms in total. The number of carbonyl (C=O) groups excluding carboxylic acids is 2. The molecule has 5 rings (SSSR count). The Kier molecular flexibility index (Phi) is 5.42. The molecular weight excluding hydrogens is 428 g/mol. The molecule has 1 saturated heterocycles. The summed E-state index contributed by atoms with van der Waals surface area (Å²) in [5.74, 6) is 1.47. The third-order valence-corrected chi connectivity index (χ3v) is 11.2. The summed E-state index contributed by atoms with van der Waals surface area (Å²) in [5, 5.41) is 0. The predicted molar refractivity (Wildman–Crippen MR) is 130 cm³/mol. The first-order valence-corrected chi connectivity index (χ1v) is 13.5. The quantitative estimate of drug-likeness (QED) is 0.293. The highest BCUT2D eigenvalue weighted by molar-refractivity contribution is 5.67. The molecule has 10 atom stereocenters. The molecule has 0 amide bonds. The maximum atomic E-state index is 12.4. The molecule has 0 unspecified atom stereocenters. The van der Waals surface area contributed by atoms with Crippen molar-refractivity contribution in [2.75, 3.05) is 0 Å². The number of esters is 2. The summed E-state index contributed by atoms with van der Waals surface area (Å²) in [5.41, 5.74) is 1.09. The van der Waals surface area contributed by atoms with E-state index in [2.05, 4.69) is 47.6 Å². The molecule has 190 valence electrons. The van der Waals surface area contributed by atoms with E-state index in [1.807, 2.05) is 0 Å². The summed E-state index contributed by atoms with van der Waals surface area (Å²) in [6, 6.07) is 0. The molecule has 4 aliphatic carbocycles. The fourth-order valence-electron chi connectivity index (χ4n) is 9.51. The van der Waals surface area contributed by atoms with Gasteiger partial charge in [0.2, 0.25) is 0 Å². The largest absolute Gasteiger partial charge is 0.462 e. The second kappa shape index (κ2) is 7.57. The van der Waals surface area contributed by atoms with Crippen LogP contribution in [0.25, 0.3) is 0 Å². The zero-order valence-corrected chi connectivity index (χ0v) is 22.4. The van der Waals surface area contributed by atoms with Crippen LogP contribution in [-0.2, 0) is 23.8 Å². The number of epoxide rings is 1. The van der Waals surface area contributed by atoms with E-state index in [0.717, 1.165) is 25.7 Å². The number of hydrogen-bond acceptors (Lipinski definition) is 5. The Bertz CT molecular complexity index is 923. The smallest absolute Gasteiger partial charge is 0.303 e. The monoisotopic (exact) mass is 472 g/mol. The Morgan fingerprint density at radius 2 is 1.68 bits per heavy atom. The molecule has 0 aromatic rings. The van der Waals surface area contributed by atoms with E-state index in [1.165, 1.54) is 26.7 Å². The van der Waals surface area contributed by atoms with Crippen molar-refractivity contribution in [1.29, 1.82) is 0 Å². The minimum Gasteiger partial charge on any atom is -0.462 e. The first kappa shape index (κ1) is 24.3. The standard InChI is InChI=1S/C29H44O5/c1-16(2)19-9-12-26(5)20(19)10-13-27(6)21-11-14-28(7)24(34-28)25(33-18(4)31)29(21,8)23(15-22(26)27)32-17(3)30/h10,16,19,21-25H,9,11-15H2,1-8H3/t19-,21+,22-,23-,24+,25+,26+,27+,28-,29-/m0/s1. The molecular formula is C29H44O5. The lowest BCUT2D eigenvalue weighted by Crippen LogP contribution is -2.65. The molecule has 1 heterocycles. The van der Waals surface area contributed by atoms with Crippen molar-refractivity contribution in [2.24, 2.45) is 39.9 Å². The van der Waals surface area contributed by atoms with E-state index >= 15 is 0 Å². The van der Waals surface area contributed by atoms with Crippen LogP contribution in [0.1, 0.15) is 93.9 Å². The normalized spacial score (nSPS) is 51.3. The van der Waals surface area contributed by atoms with Crippen LogP contribution in [0.3, 0.4) is 0 Å². The van der Waals surface area contributed by atoms with Crippen LogP contribution in [-0.4, -0.2) is 35.9 Å². The van der Waals surface area contributed by atoms with Gasteiger partial charge in [-0.1, -0.05) is 46.3 Å². The predicted octanol–water partition coefficient (Wildman–Crippen LogP) is 5.85. The van der Waals surface area contributed by atoms with Gasteiger partial charge in [-0.25, -0.2) is 0 Å². The topological polar surface area (TPSA) is 65.1 Å². The summed E-state index contributed by atoms with van der Waals surface area (Å²) < 4.78 is 18.5. The van der Waals surface area contributed by atoms with E-state index in [9.17, 15) is 9.59 Å². The Morgan fingerprint density at radius 3 is 2.29 bits per heavy atom. The third kappa shape index (κ3) is 3.21. The minimum atomic E-state index is -0.487. The summed E-state index contributed by atoms with van der Waals surface area (Å²) in [6.07, 6.45) is 8.03.